The number of hydrogen-bond donors (Lipinski definition) is 2. The SMILES string of the molecule is CCC(C)NC(=O)c1ccccc1NC(=O)Cc1ccc(OC)c(OC)c1OC. The number of benzene rings is 2. The number of nitrogens with one attached hydrogen (secondary N) is 2. The molecule has 2 amide bonds. The second-order valence-electron chi connectivity index (χ2n) is 6.55. The van der Waals surface area contributed by atoms with Gasteiger partial charge in [0.15, 0.2) is 11.5 Å². The summed E-state index contributed by atoms with van der Waals surface area (Å²) in [5.41, 5.74) is 1.52. The van der Waals surface area contributed by atoms with Gasteiger partial charge >= 0.3 is 0 Å². The van der Waals surface area contributed by atoms with Crippen molar-refractivity contribution in [2.24, 2.45) is 0 Å². The molecule has 0 saturated carbocycles. The van der Waals surface area contributed by atoms with E-state index in [9.17, 15) is 9.59 Å². The van der Waals surface area contributed by atoms with Crippen LogP contribution in [0.25, 0.3) is 0 Å². The predicted molar refractivity (Wildman–Crippen MR) is 112 cm³/mol. The van der Waals surface area contributed by atoms with E-state index in [4.69, 9.17) is 14.2 Å². The Hall–Kier alpha value is -3.22. The molecular weight excluding hydrogens is 372 g/mol. The van der Waals surface area contributed by atoms with Crippen LogP contribution >= 0.6 is 0 Å². The van der Waals surface area contributed by atoms with Gasteiger partial charge in [-0.05, 0) is 31.5 Å². The first-order valence-corrected chi connectivity index (χ1v) is 9.42. The summed E-state index contributed by atoms with van der Waals surface area (Å²) in [5.74, 6) is 0.872. The van der Waals surface area contributed by atoms with Gasteiger partial charge in [0.1, 0.15) is 0 Å². The molecule has 1 atom stereocenters. The minimum absolute atomic E-state index is 0.0438. The fraction of sp³-hybridized carbons (Fsp3) is 0.364. The summed E-state index contributed by atoms with van der Waals surface area (Å²) < 4.78 is 16.1. The Bertz CT molecular complexity index is 866. The summed E-state index contributed by atoms with van der Waals surface area (Å²) in [6.07, 6.45) is 0.865. The average molecular weight is 400 g/mol. The highest BCUT2D eigenvalue weighted by Crippen LogP contribution is 2.40. The van der Waals surface area contributed by atoms with Crippen LogP contribution in [0.1, 0.15) is 36.2 Å². The fourth-order valence-electron chi connectivity index (χ4n) is 2.86. The van der Waals surface area contributed by atoms with Crippen LogP contribution in [-0.2, 0) is 11.2 Å². The first-order valence-electron chi connectivity index (χ1n) is 9.42. The summed E-state index contributed by atoms with van der Waals surface area (Å²) in [5, 5.41) is 5.74. The number of para-hydroxylation sites is 1. The van der Waals surface area contributed by atoms with Crippen LogP contribution in [-0.4, -0.2) is 39.2 Å². The van der Waals surface area contributed by atoms with E-state index < -0.39 is 0 Å². The number of rotatable bonds is 9. The zero-order valence-electron chi connectivity index (χ0n) is 17.5. The number of methoxy groups -OCH3 is 3. The molecule has 29 heavy (non-hydrogen) atoms. The third-order valence-corrected chi connectivity index (χ3v) is 4.57. The third-order valence-electron chi connectivity index (χ3n) is 4.57. The zero-order chi connectivity index (χ0) is 21.4. The molecule has 7 nitrogen and oxygen atoms in total. The van der Waals surface area contributed by atoms with Crippen LogP contribution in [0, 0.1) is 0 Å². The van der Waals surface area contributed by atoms with E-state index in [0.29, 0.717) is 34.1 Å². The van der Waals surface area contributed by atoms with Gasteiger partial charge in [0.25, 0.3) is 5.91 Å². The molecule has 0 spiro atoms. The first kappa shape index (κ1) is 22.1. The standard InChI is InChI=1S/C22H28N2O5/c1-6-14(2)23-22(26)16-9-7-8-10-17(16)24-19(25)13-15-11-12-18(27-3)21(29-5)20(15)28-4/h7-12,14H,6,13H2,1-5H3,(H,23,26)(H,24,25). The number of carbonyl (C=O) groups excluding carboxylic acids is 2. The van der Waals surface area contributed by atoms with Crippen molar-refractivity contribution in [2.45, 2.75) is 32.7 Å². The van der Waals surface area contributed by atoms with Gasteiger partial charge < -0.3 is 24.8 Å². The van der Waals surface area contributed by atoms with Crippen molar-refractivity contribution in [2.75, 3.05) is 26.6 Å². The number of hydrogen-bond acceptors (Lipinski definition) is 5. The zero-order valence-corrected chi connectivity index (χ0v) is 17.5. The molecule has 2 N–H and O–H groups in total. The van der Waals surface area contributed by atoms with Gasteiger partial charge in [-0.15, -0.1) is 0 Å². The lowest BCUT2D eigenvalue weighted by molar-refractivity contribution is -0.115. The molecule has 156 valence electrons. The maximum absolute atomic E-state index is 12.7. The van der Waals surface area contributed by atoms with Crippen LogP contribution in [0.2, 0.25) is 0 Å². The van der Waals surface area contributed by atoms with E-state index in [-0.39, 0.29) is 24.3 Å². The van der Waals surface area contributed by atoms with Crippen molar-refractivity contribution in [1.82, 2.24) is 5.32 Å². The Morgan fingerprint density at radius 1 is 0.966 bits per heavy atom. The minimum atomic E-state index is -0.278. The molecule has 2 rings (SSSR count). The number of anilines is 1. The van der Waals surface area contributed by atoms with Crippen molar-refractivity contribution in [3.8, 4) is 17.2 Å². The Kier molecular flexibility index (Phi) is 7.88. The highest BCUT2D eigenvalue weighted by molar-refractivity contribution is 6.04. The Balaban J connectivity index is 2.22. The van der Waals surface area contributed by atoms with Crippen molar-refractivity contribution in [3.05, 3.63) is 47.5 Å². The van der Waals surface area contributed by atoms with Crippen LogP contribution < -0.4 is 24.8 Å². The average Bonchev–Trinajstić information content (AvgIpc) is 2.73. The maximum Gasteiger partial charge on any atom is 0.253 e. The van der Waals surface area contributed by atoms with Crippen molar-refractivity contribution in [3.63, 3.8) is 0 Å². The quantitative estimate of drug-likeness (QED) is 0.674. The molecule has 0 aliphatic heterocycles. The van der Waals surface area contributed by atoms with E-state index in [1.165, 1.54) is 21.3 Å². The monoisotopic (exact) mass is 400 g/mol. The van der Waals surface area contributed by atoms with E-state index in [1.54, 1.807) is 36.4 Å². The van der Waals surface area contributed by atoms with Crippen molar-refractivity contribution < 1.29 is 23.8 Å². The predicted octanol–water partition coefficient (Wildman–Crippen LogP) is 3.42. The van der Waals surface area contributed by atoms with E-state index in [1.807, 2.05) is 13.8 Å². The molecule has 0 saturated heterocycles. The lowest BCUT2D eigenvalue weighted by Crippen LogP contribution is -2.32. The topological polar surface area (TPSA) is 85.9 Å². The molecule has 7 heteroatoms. The maximum atomic E-state index is 12.7. The smallest absolute Gasteiger partial charge is 0.253 e. The van der Waals surface area contributed by atoms with Crippen LogP contribution in [0.3, 0.4) is 0 Å². The van der Waals surface area contributed by atoms with Gasteiger partial charge in [0.05, 0.1) is 39.0 Å². The molecule has 0 aromatic heterocycles. The second kappa shape index (κ2) is 10.4. The summed E-state index contributed by atoms with van der Waals surface area (Å²) in [7, 11) is 4.55. The van der Waals surface area contributed by atoms with Crippen LogP contribution in [0.15, 0.2) is 36.4 Å². The molecule has 0 fully saturated rings. The van der Waals surface area contributed by atoms with Gasteiger partial charge in [-0.1, -0.05) is 25.1 Å². The molecule has 0 bridgehead atoms. The van der Waals surface area contributed by atoms with Crippen LogP contribution in [0.4, 0.5) is 5.69 Å². The molecule has 1 unspecified atom stereocenters. The van der Waals surface area contributed by atoms with Gasteiger partial charge in [0.2, 0.25) is 11.7 Å². The van der Waals surface area contributed by atoms with Gasteiger partial charge in [-0.25, -0.2) is 0 Å². The molecule has 0 heterocycles. The van der Waals surface area contributed by atoms with Crippen molar-refractivity contribution >= 4 is 17.5 Å². The lowest BCUT2D eigenvalue weighted by Gasteiger charge is -2.17. The third kappa shape index (κ3) is 5.40. The summed E-state index contributed by atoms with van der Waals surface area (Å²) in [6.45, 7) is 3.93. The number of ether oxygens (including phenoxy) is 3. The fourth-order valence-corrected chi connectivity index (χ4v) is 2.86. The molecule has 0 aliphatic rings. The van der Waals surface area contributed by atoms with Gasteiger partial charge in [-0.2, -0.15) is 0 Å². The number of carbonyl (C=O) groups is 2. The Morgan fingerprint density at radius 2 is 1.66 bits per heavy atom. The Morgan fingerprint density at radius 3 is 2.28 bits per heavy atom. The Labute approximate surface area is 171 Å². The summed E-state index contributed by atoms with van der Waals surface area (Å²) in [6, 6.07) is 10.4. The minimum Gasteiger partial charge on any atom is -0.493 e. The number of amides is 2. The molecule has 0 aliphatic carbocycles. The summed E-state index contributed by atoms with van der Waals surface area (Å²) in [4.78, 5) is 25.2. The van der Waals surface area contributed by atoms with Crippen LogP contribution in [0.5, 0.6) is 17.2 Å². The van der Waals surface area contributed by atoms with E-state index in [0.717, 1.165) is 6.42 Å². The molecule has 2 aromatic carbocycles. The second-order valence-corrected chi connectivity index (χ2v) is 6.55. The largest absolute Gasteiger partial charge is 0.493 e. The molecule has 0 radical (unpaired) electrons. The van der Waals surface area contributed by atoms with E-state index >= 15 is 0 Å². The molecular formula is C22H28N2O5. The normalized spacial score (nSPS) is 11.3. The summed E-state index contributed by atoms with van der Waals surface area (Å²) >= 11 is 0. The highest BCUT2D eigenvalue weighted by Gasteiger charge is 2.19. The molecule has 2 aromatic rings. The highest BCUT2D eigenvalue weighted by atomic mass is 16.5. The van der Waals surface area contributed by atoms with Gasteiger partial charge in [-0.3, -0.25) is 9.59 Å². The van der Waals surface area contributed by atoms with Gasteiger partial charge in [0, 0.05) is 11.6 Å². The lowest BCUT2D eigenvalue weighted by atomic mass is 10.1. The first-order chi connectivity index (χ1) is 13.9. The van der Waals surface area contributed by atoms with E-state index in [2.05, 4.69) is 10.6 Å². The van der Waals surface area contributed by atoms with Crippen molar-refractivity contribution in [1.29, 1.82) is 0 Å².